The first kappa shape index (κ1) is 15.6. The van der Waals surface area contributed by atoms with E-state index in [2.05, 4.69) is 34.1 Å². The summed E-state index contributed by atoms with van der Waals surface area (Å²) in [4.78, 5) is 16.9. The summed E-state index contributed by atoms with van der Waals surface area (Å²) in [6, 6.07) is 18.1. The van der Waals surface area contributed by atoms with Gasteiger partial charge in [-0.2, -0.15) is 0 Å². The van der Waals surface area contributed by atoms with Gasteiger partial charge < -0.3 is 9.64 Å². The van der Waals surface area contributed by atoms with Crippen LogP contribution in [0.3, 0.4) is 0 Å². The molecule has 5 nitrogen and oxygen atoms in total. The average Bonchev–Trinajstić information content (AvgIpc) is 3.29. The van der Waals surface area contributed by atoms with Gasteiger partial charge in [0.2, 0.25) is 0 Å². The molecule has 3 heterocycles. The molecule has 0 radical (unpaired) electrons. The number of nitrogens with one attached hydrogen (secondary N) is 1. The van der Waals surface area contributed by atoms with Crippen molar-refractivity contribution >= 4 is 17.5 Å². The Balaban J connectivity index is 1.58. The highest BCUT2D eigenvalue weighted by Crippen LogP contribution is 2.54. The summed E-state index contributed by atoms with van der Waals surface area (Å²) < 4.78 is 5.10. The molecule has 0 amide bonds. The van der Waals surface area contributed by atoms with Crippen molar-refractivity contribution in [3.63, 3.8) is 0 Å². The molecule has 2 fully saturated rings. The van der Waals surface area contributed by atoms with E-state index in [0.717, 1.165) is 18.5 Å². The first-order valence-electron chi connectivity index (χ1n) is 9.06. The van der Waals surface area contributed by atoms with Crippen LogP contribution < -0.4 is 4.90 Å². The Kier molecular flexibility index (Phi) is 3.40. The van der Waals surface area contributed by atoms with Gasteiger partial charge in [0.1, 0.15) is 11.9 Å². The summed E-state index contributed by atoms with van der Waals surface area (Å²) >= 11 is 0. The molecule has 3 aliphatic heterocycles. The molecule has 3 aliphatic rings. The number of carbonyl (C=O) groups is 1. The lowest BCUT2D eigenvalue weighted by molar-refractivity contribution is -0.146. The minimum atomic E-state index is -0.289. The molecule has 1 N–H and O–H groups in total. The zero-order chi connectivity index (χ0) is 17.8. The van der Waals surface area contributed by atoms with Gasteiger partial charge in [-0.1, -0.05) is 48.5 Å². The molecule has 5 heteroatoms. The van der Waals surface area contributed by atoms with Crippen molar-refractivity contribution in [2.45, 2.75) is 37.0 Å². The number of benzene rings is 2. The largest absolute Gasteiger partial charge is 0.468 e. The molecule has 0 aliphatic carbocycles. The van der Waals surface area contributed by atoms with Crippen LogP contribution in [-0.2, 0) is 16.0 Å². The van der Waals surface area contributed by atoms with E-state index in [1.807, 2.05) is 30.3 Å². The molecule has 0 saturated carbocycles. The van der Waals surface area contributed by atoms with Gasteiger partial charge in [0, 0.05) is 11.6 Å². The summed E-state index contributed by atoms with van der Waals surface area (Å²) in [6.45, 7) is 0. The molecule has 2 aromatic rings. The Bertz CT molecular complexity index is 882. The van der Waals surface area contributed by atoms with E-state index < -0.39 is 0 Å². The van der Waals surface area contributed by atoms with Gasteiger partial charge in [-0.05, 0) is 30.0 Å². The smallest absolute Gasteiger partial charge is 0.323 e. The Hall–Kier alpha value is -2.66. The Morgan fingerprint density at radius 2 is 1.88 bits per heavy atom. The first-order chi connectivity index (χ1) is 12.7. The minimum absolute atomic E-state index is 0.0534. The number of para-hydroxylation sites is 1. The van der Waals surface area contributed by atoms with Gasteiger partial charge in [0.15, 0.2) is 0 Å². The summed E-state index contributed by atoms with van der Waals surface area (Å²) in [5.41, 5.74) is 3.55. The van der Waals surface area contributed by atoms with Crippen molar-refractivity contribution in [3.8, 4) is 0 Å². The third-order valence-corrected chi connectivity index (χ3v) is 6.04. The fourth-order valence-corrected chi connectivity index (χ4v) is 5.01. The number of carbonyl (C=O) groups excluding carboxylic acids is 1. The zero-order valence-electron chi connectivity index (χ0n) is 14.6. The highest BCUT2D eigenvalue weighted by atomic mass is 16.5. The number of nitrogens with zero attached hydrogens (tertiary/aromatic N) is 2. The summed E-state index contributed by atoms with van der Waals surface area (Å²) in [6.07, 6.45) is 1.54. The highest BCUT2D eigenvalue weighted by molar-refractivity contribution is 6.05. The fraction of sp³-hybridized carbons (Fsp3) is 0.333. The number of hydrogen-bond donors (Lipinski definition) is 1. The average molecular weight is 347 g/mol. The van der Waals surface area contributed by atoms with Crippen LogP contribution in [0, 0.1) is 5.41 Å². The van der Waals surface area contributed by atoms with Gasteiger partial charge in [-0.15, -0.1) is 0 Å². The molecular weight excluding hydrogens is 326 g/mol. The van der Waals surface area contributed by atoms with E-state index >= 15 is 0 Å². The number of rotatable bonds is 3. The maximum absolute atomic E-state index is 12.5. The van der Waals surface area contributed by atoms with Gasteiger partial charge >= 0.3 is 5.97 Å². The molecular formula is C21H21N3O2. The van der Waals surface area contributed by atoms with E-state index in [9.17, 15) is 4.79 Å². The van der Waals surface area contributed by atoms with Crippen molar-refractivity contribution in [1.29, 1.82) is 5.41 Å². The van der Waals surface area contributed by atoms with Crippen LogP contribution in [0.2, 0.25) is 0 Å². The third kappa shape index (κ3) is 2.01. The van der Waals surface area contributed by atoms with E-state index in [-0.39, 0.29) is 30.1 Å². The number of amidine groups is 1. The first-order valence-corrected chi connectivity index (χ1v) is 9.06. The third-order valence-electron chi connectivity index (χ3n) is 6.04. The number of ether oxygens (including phenoxy) is 1. The number of hydrogen-bond acceptors (Lipinski definition) is 4. The van der Waals surface area contributed by atoms with E-state index in [0.29, 0.717) is 5.84 Å². The van der Waals surface area contributed by atoms with Crippen molar-refractivity contribution in [1.82, 2.24) is 4.90 Å². The maximum atomic E-state index is 12.5. The molecule has 0 bridgehead atoms. The lowest BCUT2D eigenvalue weighted by Gasteiger charge is -2.27. The molecule has 5 rings (SSSR count). The molecule has 0 aromatic heterocycles. The van der Waals surface area contributed by atoms with Crippen LogP contribution in [0.25, 0.3) is 0 Å². The van der Waals surface area contributed by atoms with E-state index in [1.54, 1.807) is 0 Å². The molecule has 0 unspecified atom stereocenters. The lowest BCUT2D eigenvalue weighted by Crippen LogP contribution is -2.45. The number of esters is 1. The van der Waals surface area contributed by atoms with Crippen LogP contribution in [0.1, 0.15) is 23.5 Å². The van der Waals surface area contributed by atoms with E-state index in [1.165, 1.54) is 18.2 Å². The van der Waals surface area contributed by atoms with Crippen molar-refractivity contribution in [2.24, 2.45) is 0 Å². The Labute approximate surface area is 152 Å². The van der Waals surface area contributed by atoms with Crippen LogP contribution in [0.4, 0.5) is 5.69 Å². The Morgan fingerprint density at radius 3 is 2.65 bits per heavy atom. The summed E-state index contributed by atoms with van der Waals surface area (Å²) in [5, 5.41) is 8.89. The van der Waals surface area contributed by atoms with Gasteiger partial charge in [-0.25, -0.2) is 0 Å². The second-order valence-corrected chi connectivity index (χ2v) is 7.26. The van der Waals surface area contributed by atoms with Gasteiger partial charge in [0.05, 0.1) is 19.3 Å². The van der Waals surface area contributed by atoms with Crippen LogP contribution >= 0.6 is 0 Å². The molecule has 2 aromatic carbocycles. The Morgan fingerprint density at radius 1 is 1.15 bits per heavy atom. The van der Waals surface area contributed by atoms with Gasteiger partial charge in [-0.3, -0.25) is 15.1 Å². The SMILES string of the molecule is COC(=O)[C@@H]1C[C@H]2c3ccccc3N3C(=N)[C@H](Cc4ccccc4)N1[C@@H]23. The summed E-state index contributed by atoms with van der Waals surface area (Å²) in [5.74, 6) is 0.642. The van der Waals surface area contributed by atoms with E-state index in [4.69, 9.17) is 10.1 Å². The number of methoxy groups -OCH3 is 1. The zero-order valence-corrected chi connectivity index (χ0v) is 14.6. The maximum Gasteiger partial charge on any atom is 0.323 e. The van der Waals surface area contributed by atoms with Crippen molar-refractivity contribution < 1.29 is 9.53 Å². The van der Waals surface area contributed by atoms with Crippen molar-refractivity contribution in [2.75, 3.05) is 12.0 Å². The lowest BCUT2D eigenvalue weighted by atomic mass is 9.96. The van der Waals surface area contributed by atoms with Crippen LogP contribution in [0.15, 0.2) is 54.6 Å². The second kappa shape index (κ2) is 5.68. The fourth-order valence-electron chi connectivity index (χ4n) is 5.01. The van der Waals surface area contributed by atoms with Crippen LogP contribution in [0.5, 0.6) is 0 Å². The normalized spacial score (nSPS) is 29.0. The molecule has 2 saturated heterocycles. The quantitative estimate of drug-likeness (QED) is 0.868. The molecule has 0 spiro atoms. The molecule has 4 atom stereocenters. The summed E-state index contributed by atoms with van der Waals surface area (Å²) in [7, 11) is 1.45. The predicted octanol–water partition coefficient (Wildman–Crippen LogP) is 2.77. The van der Waals surface area contributed by atoms with Crippen molar-refractivity contribution in [3.05, 3.63) is 65.7 Å². The number of anilines is 1. The van der Waals surface area contributed by atoms with Crippen LogP contribution in [-0.4, -0.2) is 42.1 Å². The predicted molar refractivity (Wildman–Crippen MR) is 99.4 cm³/mol. The monoisotopic (exact) mass is 347 g/mol. The standard InChI is InChI=1S/C21H21N3O2/c1-26-21(25)18-12-15-14-9-5-6-10-16(14)24-19(22)17(23(18)20(15)24)11-13-7-3-2-4-8-13/h2-10,15,17-18,20,22H,11-12H2,1H3/t15-,17-,18-,20+/m0/s1. The van der Waals surface area contributed by atoms with Gasteiger partial charge in [0.25, 0.3) is 0 Å². The molecule has 26 heavy (non-hydrogen) atoms. The molecule has 132 valence electrons. The minimum Gasteiger partial charge on any atom is -0.468 e. The highest BCUT2D eigenvalue weighted by Gasteiger charge is 2.61. The number of fused-ring (bicyclic) bond motifs is 3. The second-order valence-electron chi connectivity index (χ2n) is 7.26. The topological polar surface area (TPSA) is 56.6 Å².